The summed E-state index contributed by atoms with van der Waals surface area (Å²) in [5.41, 5.74) is 5.02. The van der Waals surface area contributed by atoms with Crippen molar-refractivity contribution in [1.29, 1.82) is 0 Å². The lowest BCUT2D eigenvalue weighted by Crippen LogP contribution is -2.35. The van der Waals surface area contributed by atoms with Gasteiger partial charge in [-0.05, 0) is 37.9 Å². The van der Waals surface area contributed by atoms with E-state index in [1.165, 1.54) is 12.1 Å². The summed E-state index contributed by atoms with van der Waals surface area (Å²) < 4.78 is 43.8. The largest absolute Gasteiger partial charge is 0.493 e. The minimum absolute atomic E-state index is 0.187. The molecule has 1 aliphatic heterocycles. The van der Waals surface area contributed by atoms with E-state index in [1.54, 1.807) is 0 Å². The van der Waals surface area contributed by atoms with Crippen molar-refractivity contribution in [1.82, 2.24) is 5.32 Å². The van der Waals surface area contributed by atoms with E-state index in [1.807, 2.05) is 0 Å². The lowest BCUT2D eigenvalue weighted by Gasteiger charge is -2.23. The van der Waals surface area contributed by atoms with E-state index in [0.29, 0.717) is 12.5 Å². The molecule has 0 bridgehead atoms. The van der Waals surface area contributed by atoms with E-state index in [-0.39, 0.29) is 18.0 Å². The molecule has 1 fully saturated rings. The zero-order valence-electron chi connectivity index (χ0n) is 11.2. The Morgan fingerprint density at radius 2 is 2.10 bits per heavy atom. The Labute approximate surface area is 116 Å². The van der Waals surface area contributed by atoms with Crippen LogP contribution in [0.3, 0.4) is 0 Å². The standard InChI is InChI=1S/C14H19F3N2O/c15-14(16,17)12-5-4-10(18)9-13(12)20-8-6-11-3-1-2-7-19-11/h4-5,9,11,19H,1-3,6-8,18H2. The fourth-order valence-electron chi connectivity index (χ4n) is 2.37. The van der Waals surface area contributed by atoms with E-state index in [4.69, 9.17) is 10.5 Å². The number of hydrogen-bond acceptors (Lipinski definition) is 3. The second kappa shape index (κ2) is 6.35. The third-order valence-corrected chi connectivity index (χ3v) is 3.45. The molecule has 6 heteroatoms. The van der Waals surface area contributed by atoms with Crippen molar-refractivity contribution in [3.8, 4) is 5.75 Å². The van der Waals surface area contributed by atoms with Crippen LogP contribution in [0.5, 0.6) is 5.75 Å². The molecule has 1 atom stereocenters. The maximum absolute atomic E-state index is 12.8. The first-order valence-corrected chi connectivity index (χ1v) is 6.80. The summed E-state index contributed by atoms with van der Waals surface area (Å²) in [4.78, 5) is 0. The lowest BCUT2D eigenvalue weighted by molar-refractivity contribution is -0.138. The summed E-state index contributed by atoms with van der Waals surface area (Å²) >= 11 is 0. The highest BCUT2D eigenvalue weighted by Crippen LogP contribution is 2.37. The number of halogens is 3. The lowest BCUT2D eigenvalue weighted by atomic mass is 10.0. The fraction of sp³-hybridized carbons (Fsp3) is 0.571. The molecule has 3 N–H and O–H groups in total. The molecule has 1 saturated heterocycles. The number of rotatable bonds is 4. The van der Waals surface area contributed by atoms with Crippen molar-refractivity contribution in [2.75, 3.05) is 18.9 Å². The number of anilines is 1. The van der Waals surface area contributed by atoms with Gasteiger partial charge in [-0.3, -0.25) is 0 Å². The van der Waals surface area contributed by atoms with Crippen molar-refractivity contribution in [2.45, 2.75) is 37.9 Å². The first kappa shape index (κ1) is 15.0. The van der Waals surface area contributed by atoms with Crippen LogP contribution in [0.1, 0.15) is 31.2 Å². The van der Waals surface area contributed by atoms with Gasteiger partial charge in [0.15, 0.2) is 0 Å². The molecule has 3 nitrogen and oxygen atoms in total. The number of benzene rings is 1. The van der Waals surface area contributed by atoms with Gasteiger partial charge in [-0.15, -0.1) is 0 Å². The first-order chi connectivity index (χ1) is 9.47. The quantitative estimate of drug-likeness (QED) is 0.836. The van der Waals surface area contributed by atoms with E-state index in [0.717, 1.165) is 31.9 Å². The second-order valence-corrected chi connectivity index (χ2v) is 5.04. The van der Waals surface area contributed by atoms with E-state index >= 15 is 0 Å². The van der Waals surface area contributed by atoms with E-state index in [2.05, 4.69) is 5.32 Å². The van der Waals surface area contributed by atoms with Crippen molar-refractivity contribution in [2.24, 2.45) is 0 Å². The summed E-state index contributed by atoms with van der Waals surface area (Å²) in [6.07, 6.45) is -0.362. The van der Waals surface area contributed by atoms with Crippen LogP contribution in [-0.4, -0.2) is 19.2 Å². The molecule has 1 unspecified atom stereocenters. The molecule has 1 aliphatic rings. The van der Waals surface area contributed by atoms with Gasteiger partial charge in [-0.25, -0.2) is 0 Å². The van der Waals surface area contributed by atoms with Gasteiger partial charge < -0.3 is 15.8 Å². The summed E-state index contributed by atoms with van der Waals surface area (Å²) in [7, 11) is 0. The summed E-state index contributed by atoms with van der Waals surface area (Å²) in [6, 6.07) is 3.76. The molecule has 0 radical (unpaired) electrons. The maximum Gasteiger partial charge on any atom is 0.419 e. The maximum atomic E-state index is 12.8. The molecular formula is C14H19F3N2O. The highest BCUT2D eigenvalue weighted by atomic mass is 19.4. The van der Waals surface area contributed by atoms with Crippen LogP contribution < -0.4 is 15.8 Å². The SMILES string of the molecule is Nc1ccc(C(F)(F)F)c(OCCC2CCCCN2)c1. The monoisotopic (exact) mass is 288 g/mol. The predicted molar refractivity (Wildman–Crippen MR) is 71.6 cm³/mol. The Kier molecular flexibility index (Phi) is 4.75. The first-order valence-electron chi connectivity index (χ1n) is 6.80. The number of ether oxygens (including phenoxy) is 1. The molecule has 0 aliphatic carbocycles. The van der Waals surface area contributed by atoms with Crippen molar-refractivity contribution >= 4 is 5.69 Å². The summed E-state index contributed by atoms with van der Waals surface area (Å²) in [6.45, 7) is 1.22. The number of nitrogen functional groups attached to an aromatic ring is 1. The highest BCUT2D eigenvalue weighted by molar-refractivity contribution is 5.49. The fourth-order valence-corrected chi connectivity index (χ4v) is 2.37. The molecule has 2 rings (SSSR count). The average Bonchev–Trinajstić information content (AvgIpc) is 2.38. The van der Waals surface area contributed by atoms with Crippen molar-refractivity contribution < 1.29 is 17.9 Å². The zero-order chi connectivity index (χ0) is 14.6. The van der Waals surface area contributed by atoms with Gasteiger partial charge >= 0.3 is 6.18 Å². The van der Waals surface area contributed by atoms with Crippen molar-refractivity contribution in [3.63, 3.8) is 0 Å². The van der Waals surface area contributed by atoms with E-state index < -0.39 is 11.7 Å². The van der Waals surface area contributed by atoms with Gasteiger partial charge in [-0.1, -0.05) is 6.42 Å². The van der Waals surface area contributed by atoms with Gasteiger partial charge in [-0.2, -0.15) is 13.2 Å². The Bertz CT molecular complexity index is 443. The van der Waals surface area contributed by atoms with Gasteiger partial charge in [0, 0.05) is 17.8 Å². The Balaban J connectivity index is 1.95. The van der Waals surface area contributed by atoms with Crippen LogP contribution in [0, 0.1) is 0 Å². The van der Waals surface area contributed by atoms with Gasteiger partial charge in [0.05, 0.1) is 12.2 Å². The number of piperidine rings is 1. The summed E-state index contributed by atoms with van der Waals surface area (Å²) in [5, 5.41) is 3.33. The smallest absolute Gasteiger partial charge is 0.419 e. The topological polar surface area (TPSA) is 47.3 Å². The highest BCUT2D eigenvalue weighted by Gasteiger charge is 2.34. The number of hydrogen-bond donors (Lipinski definition) is 2. The molecule has 0 aromatic heterocycles. The molecule has 112 valence electrons. The van der Waals surface area contributed by atoms with Crippen LogP contribution >= 0.6 is 0 Å². The van der Waals surface area contributed by atoms with Crippen LogP contribution in [0.25, 0.3) is 0 Å². The third-order valence-electron chi connectivity index (χ3n) is 3.45. The molecule has 1 aromatic rings. The molecule has 0 saturated carbocycles. The Morgan fingerprint density at radius 1 is 1.30 bits per heavy atom. The van der Waals surface area contributed by atoms with Crippen LogP contribution in [0.2, 0.25) is 0 Å². The Hall–Kier alpha value is -1.43. The number of alkyl halides is 3. The van der Waals surface area contributed by atoms with Crippen LogP contribution in [0.15, 0.2) is 18.2 Å². The van der Waals surface area contributed by atoms with Gasteiger partial charge in [0.1, 0.15) is 5.75 Å². The molecular weight excluding hydrogens is 269 g/mol. The molecule has 20 heavy (non-hydrogen) atoms. The second-order valence-electron chi connectivity index (χ2n) is 5.04. The Morgan fingerprint density at radius 3 is 2.75 bits per heavy atom. The number of nitrogens with one attached hydrogen (secondary N) is 1. The normalized spacial score (nSPS) is 19.9. The van der Waals surface area contributed by atoms with Gasteiger partial charge in [0.25, 0.3) is 0 Å². The average molecular weight is 288 g/mol. The predicted octanol–water partition coefficient (Wildman–Crippen LogP) is 3.20. The van der Waals surface area contributed by atoms with Crippen LogP contribution in [0.4, 0.5) is 18.9 Å². The third kappa shape index (κ3) is 4.03. The van der Waals surface area contributed by atoms with Crippen molar-refractivity contribution in [3.05, 3.63) is 23.8 Å². The molecule has 0 amide bonds. The van der Waals surface area contributed by atoms with Gasteiger partial charge in [0.2, 0.25) is 0 Å². The minimum Gasteiger partial charge on any atom is -0.493 e. The summed E-state index contributed by atoms with van der Waals surface area (Å²) in [5.74, 6) is -0.187. The zero-order valence-corrected chi connectivity index (χ0v) is 11.2. The molecule has 1 aromatic carbocycles. The molecule has 0 spiro atoms. The van der Waals surface area contributed by atoms with E-state index in [9.17, 15) is 13.2 Å². The molecule has 1 heterocycles. The van der Waals surface area contributed by atoms with Crippen LogP contribution in [-0.2, 0) is 6.18 Å². The minimum atomic E-state index is -4.42. The number of nitrogens with two attached hydrogens (primary N) is 1.